The largest absolute Gasteiger partial charge is 0.418 e. The highest BCUT2D eigenvalue weighted by Gasteiger charge is 2.32. The maximum Gasteiger partial charge on any atom is 0.418 e. The van der Waals surface area contributed by atoms with E-state index in [1.807, 2.05) is 6.08 Å². The summed E-state index contributed by atoms with van der Waals surface area (Å²) in [7, 11) is 0. The molecule has 0 saturated heterocycles. The monoisotopic (exact) mass is 257 g/mol. The molecule has 0 atom stereocenters. The van der Waals surface area contributed by atoms with Gasteiger partial charge in [0.25, 0.3) is 0 Å². The van der Waals surface area contributed by atoms with Gasteiger partial charge < -0.3 is 5.32 Å². The number of alkyl halides is 3. The van der Waals surface area contributed by atoms with E-state index in [0.717, 1.165) is 31.7 Å². The minimum absolute atomic E-state index is 0.161. The summed E-state index contributed by atoms with van der Waals surface area (Å²) in [6.07, 6.45) is 1.40. The molecule has 1 aromatic rings. The van der Waals surface area contributed by atoms with E-state index < -0.39 is 11.7 Å². The third-order valence-electron chi connectivity index (χ3n) is 2.63. The van der Waals surface area contributed by atoms with Crippen molar-refractivity contribution in [3.05, 3.63) is 42.5 Å². The second-order valence-corrected chi connectivity index (χ2v) is 4.11. The maximum absolute atomic E-state index is 12.7. The molecular weight excluding hydrogens is 239 g/mol. The van der Waals surface area contributed by atoms with E-state index in [9.17, 15) is 13.2 Å². The molecule has 0 bridgehead atoms. The predicted octanol–water partition coefficient (Wildman–Crippen LogP) is 4.86. The third-order valence-corrected chi connectivity index (χ3v) is 2.63. The van der Waals surface area contributed by atoms with Crippen molar-refractivity contribution in [2.45, 2.75) is 31.9 Å². The Morgan fingerprint density at radius 2 is 1.83 bits per heavy atom. The Kier molecular flexibility index (Phi) is 5.75. The molecule has 0 aliphatic carbocycles. The van der Waals surface area contributed by atoms with Gasteiger partial charge in [-0.1, -0.05) is 24.6 Å². The summed E-state index contributed by atoms with van der Waals surface area (Å²) < 4.78 is 38.0. The number of halogens is 3. The molecule has 1 rings (SSSR count). The van der Waals surface area contributed by atoms with Gasteiger partial charge in [-0.25, -0.2) is 0 Å². The first-order chi connectivity index (χ1) is 8.55. The van der Waals surface area contributed by atoms with Gasteiger partial charge in [0.1, 0.15) is 0 Å². The van der Waals surface area contributed by atoms with Crippen LogP contribution in [-0.2, 0) is 6.18 Å². The lowest BCUT2D eigenvalue weighted by molar-refractivity contribution is -0.136. The predicted molar refractivity (Wildman–Crippen MR) is 68.6 cm³/mol. The molecule has 0 spiro atoms. The Bertz CT molecular complexity index is 372. The van der Waals surface area contributed by atoms with E-state index >= 15 is 0 Å². The van der Waals surface area contributed by atoms with Crippen LogP contribution in [0.1, 0.15) is 31.2 Å². The Labute approximate surface area is 106 Å². The van der Waals surface area contributed by atoms with Gasteiger partial charge in [-0.2, -0.15) is 13.2 Å². The van der Waals surface area contributed by atoms with Crippen molar-refractivity contribution in [2.24, 2.45) is 0 Å². The minimum atomic E-state index is -4.30. The highest BCUT2D eigenvalue weighted by Crippen LogP contribution is 2.34. The van der Waals surface area contributed by atoms with Crippen LogP contribution in [0.4, 0.5) is 18.9 Å². The molecular formula is C14H18F3N. The number of nitrogens with one attached hydrogen (secondary N) is 1. The Morgan fingerprint density at radius 1 is 1.11 bits per heavy atom. The van der Waals surface area contributed by atoms with Gasteiger partial charge in [0.15, 0.2) is 0 Å². The average molecular weight is 257 g/mol. The third kappa shape index (κ3) is 4.82. The van der Waals surface area contributed by atoms with Crippen LogP contribution in [0.15, 0.2) is 36.9 Å². The maximum atomic E-state index is 12.7. The number of rotatable bonds is 7. The van der Waals surface area contributed by atoms with Crippen molar-refractivity contribution in [1.82, 2.24) is 0 Å². The van der Waals surface area contributed by atoms with Gasteiger partial charge in [0.2, 0.25) is 0 Å². The lowest BCUT2D eigenvalue weighted by Crippen LogP contribution is -2.11. The summed E-state index contributed by atoms with van der Waals surface area (Å²) in [6.45, 7) is 4.18. The second-order valence-electron chi connectivity index (χ2n) is 4.11. The smallest absolute Gasteiger partial charge is 0.385 e. The minimum Gasteiger partial charge on any atom is -0.385 e. The standard InChI is InChI=1S/C14H18F3N/c1-2-3-4-5-8-11-18-13-10-7-6-9-12(13)14(15,16)17/h2,6-7,9-10,18H,1,3-5,8,11H2. The van der Waals surface area contributed by atoms with Crippen LogP contribution in [0.25, 0.3) is 0 Å². The number of allylic oxidation sites excluding steroid dienone is 1. The zero-order valence-electron chi connectivity index (χ0n) is 10.3. The number of hydrogen-bond donors (Lipinski definition) is 1. The van der Waals surface area contributed by atoms with Crippen LogP contribution in [0, 0.1) is 0 Å². The first-order valence-electron chi connectivity index (χ1n) is 6.06. The van der Waals surface area contributed by atoms with Gasteiger partial charge in [-0.05, 0) is 31.4 Å². The van der Waals surface area contributed by atoms with Gasteiger partial charge in [0.05, 0.1) is 5.56 Å². The van der Waals surface area contributed by atoms with Crippen LogP contribution in [-0.4, -0.2) is 6.54 Å². The van der Waals surface area contributed by atoms with Crippen LogP contribution in [0.5, 0.6) is 0 Å². The van der Waals surface area contributed by atoms with E-state index in [4.69, 9.17) is 0 Å². The molecule has 18 heavy (non-hydrogen) atoms. The van der Waals surface area contributed by atoms with E-state index in [0.29, 0.717) is 6.54 Å². The van der Waals surface area contributed by atoms with Crippen molar-refractivity contribution in [3.63, 3.8) is 0 Å². The molecule has 0 radical (unpaired) electrons. The molecule has 4 heteroatoms. The topological polar surface area (TPSA) is 12.0 Å². The number of hydrogen-bond acceptors (Lipinski definition) is 1. The van der Waals surface area contributed by atoms with Crippen LogP contribution in [0.3, 0.4) is 0 Å². The number of unbranched alkanes of at least 4 members (excludes halogenated alkanes) is 3. The molecule has 0 heterocycles. The summed E-state index contributed by atoms with van der Waals surface area (Å²) in [5, 5.41) is 2.85. The lowest BCUT2D eigenvalue weighted by Gasteiger charge is -2.14. The number of para-hydroxylation sites is 1. The highest BCUT2D eigenvalue weighted by molar-refractivity contribution is 5.52. The highest BCUT2D eigenvalue weighted by atomic mass is 19.4. The Hall–Kier alpha value is -1.45. The van der Waals surface area contributed by atoms with Crippen LogP contribution in [0.2, 0.25) is 0 Å². The van der Waals surface area contributed by atoms with Crippen LogP contribution < -0.4 is 5.32 Å². The molecule has 1 aromatic carbocycles. The van der Waals surface area contributed by atoms with E-state index in [2.05, 4.69) is 11.9 Å². The molecule has 0 aliphatic heterocycles. The van der Waals surface area contributed by atoms with Crippen molar-refractivity contribution in [2.75, 3.05) is 11.9 Å². The molecule has 0 fully saturated rings. The summed E-state index contributed by atoms with van der Waals surface area (Å²) in [5.74, 6) is 0. The molecule has 100 valence electrons. The van der Waals surface area contributed by atoms with Crippen molar-refractivity contribution < 1.29 is 13.2 Å². The average Bonchev–Trinajstić information content (AvgIpc) is 2.33. The zero-order valence-corrected chi connectivity index (χ0v) is 10.3. The molecule has 0 amide bonds. The number of benzene rings is 1. The fraction of sp³-hybridized carbons (Fsp3) is 0.429. The van der Waals surface area contributed by atoms with Gasteiger partial charge >= 0.3 is 6.18 Å². The van der Waals surface area contributed by atoms with Gasteiger partial charge in [0, 0.05) is 12.2 Å². The molecule has 0 unspecified atom stereocenters. The fourth-order valence-electron chi connectivity index (χ4n) is 1.70. The van der Waals surface area contributed by atoms with E-state index in [-0.39, 0.29) is 5.69 Å². The molecule has 1 nitrogen and oxygen atoms in total. The Morgan fingerprint density at radius 3 is 2.50 bits per heavy atom. The van der Waals surface area contributed by atoms with E-state index in [1.54, 1.807) is 6.07 Å². The van der Waals surface area contributed by atoms with E-state index in [1.165, 1.54) is 12.1 Å². The van der Waals surface area contributed by atoms with Gasteiger partial charge in [-0.3, -0.25) is 0 Å². The van der Waals surface area contributed by atoms with Gasteiger partial charge in [-0.15, -0.1) is 6.58 Å². The lowest BCUT2D eigenvalue weighted by atomic mass is 10.1. The molecule has 0 aliphatic rings. The van der Waals surface area contributed by atoms with Crippen molar-refractivity contribution in [3.8, 4) is 0 Å². The Balaban J connectivity index is 2.45. The zero-order chi connectivity index (χ0) is 13.4. The normalized spacial score (nSPS) is 11.3. The fourth-order valence-corrected chi connectivity index (χ4v) is 1.70. The molecule has 1 N–H and O–H groups in total. The SMILES string of the molecule is C=CCCCCCNc1ccccc1C(F)(F)F. The molecule has 0 aromatic heterocycles. The van der Waals surface area contributed by atoms with Crippen molar-refractivity contribution >= 4 is 5.69 Å². The first kappa shape index (κ1) is 14.6. The summed E-state index contributed by atoms with van der Waals surface area (Å²) >= 11 is 0. The van der Waals surface area contributed by atoms with Crippen molar-refractivity contribution in [1.29, 1.82) is 0 Å². The molecule has 0 saturated carbocycles. The van der Waals surface area contributed by atoms with Crippen LogP contribution >= 0.6 is 0 Å². The second kappa shape index (κ2) is 7.09. The summed E-state index contributed by atoms with van der Waals surface area (Å²) in [5.41, 5.74) is -0.440. The quantitative estimate of drug-likeness (QED) is 0.543. The summed E-state index contributed by atoms with van der Waals surface area (Å²) in [6, 6.07) is 5.57. The summed E-state index contributed by atoms with van der Waals surface area (Å²) in [4.78, 5) is 0. The number of anilines is 1. The first-order valence-corrected chi connectivity index (χ1v) is 6.06.